The zero-order valence-corrected chi connectivity index (χ0v) is 11.9. The number of morpholine rings is 1. The monoisotopic (exact) mass is 247 g/mol. The zero-order valence-electron chi connectivity index (χ0n) is 11.9. The second-order valence-electron chi connectivity index (χ2n) is 6.24. The van der Waals surface area contributed by atoms with Crippen LogP contribution in [0.15, 0.2) is 30.3 Å². The quantitative estimate of drug-likeness (QED) is 0.813. The summed E-state index contributed by atoms with van der Waals surface area (Å²) < 4.78 is 5.43. The van der Waals surface area contributed by atoms with Gasteiger partial charge < -0.3 is 4.74 Å². The summed E-state index contributed by atoms with van der Waals surface area (Å²) in [6.07, 6.45) is 0. The molecule has 1 aromatic carbocycles. The molecule has 1 heterocycles. The average Bonchev–Trinajstić information content (AvgIpc) is 2.37. The Morgan fingerprint density at radius 1 is 1.11 bits per heavy atom. The van der Waals surface area contributed by atoms with Gasteiger partial charge in [0.1, 0.15) is 0 Å². The molecule has 0 amide bonds. The van der Waals surface area contributed by atoms with E-state index in [9.17, 15) is 0 Å². The van der Waals surface area contributed by atoms with Crippen LogP contribution in [0.2, 0.25) is 0 Å². The minimum absolute atomic E-state index is 0.291. The van der Waals surface area contributed by atoms with Gasteiger partial charge in [0.05, 0.1) is 13.2 Å². The lowest BCUT2D eigenvalue weighted by molar-refractivity contribution is 0.0290. The van der Waals surface area contributed by atoms with Crippen molar-refractivity contribution in [3.05, 3.63) is 35.9 Å². The van der Waals surface area contributed by atoms with Gasteiger partial charge in [0.2, 0.25) is 0 Å². The molecule has 0 saturated carbocycles. The molecule has 0 radical (unpaired) electrons. The zero-order chi connectivity index (χ0) is 13.0. The van der Waals surface area contributed by atoms with Crippen LogP contribution in [-0.2, 0) is 4.74 Å². The Balaban J connectivity index is 2.11. The van der Waals surface area contributed by atoms with Crippen LogP contribution in [0.3, 0.4) is 0 Å². The molecule has 2 heteroatoms. The van der Waals surface area contributed by atoms with Crippen LogP contribution in [0.25, 0.3) is 0 Å². The summed E-state index contributed by atoms with van der Waals surface area (Å²) in [5, 5.41) is 0. The number of benzene rings is 1. The average molecular weight is 247 g/mol. The number of ether oxygens (including phenoxy) is 1. The molecule has 0 bridgehead atoms. The third-order valence-corrected chi connectivity index (χ3v) is 3.79. The first-order valence-electron chi connectivity index (χ1n) is 6.92. The summed E-state index contributed by atoms with van der Waals surface area (Å²) in [7, 11) is 0. The Morgan fingerprint density at radius 3 is 2.28 bits per heavy atom. The van der Waals surface area contributed by atoms with E-state index < -0.39 is 0 Å². The van der Waals surface area contributed by atoms with Crippen LogP contribution in [0.4, 0.5) is 0 Å². The van der Waals surface area contributed by atoms with E-state index in [1.54, 1.807) is 0 Å². The van der Waals surface area contributed by atoms with E-state index in [0.29, 0.717) is 11.3 Å². The van der Waals surface area contributed by atoms with Crippen molar-refractivity contribution in [2.24, 2.45) is 5.41 Å². The lowest BCUT2D eigenvalue weighted by Crippen LogP contribution is -2.41. The Hall–Kier alpha value is -0.860. The molecule has 0 spiro atoms. The number of rotatable bonds is 3. The van der Waals surface area contributed by atoms with Crippen molar-refractivity contribution >= 4 is 0 Å². The summed E-state index contributed by atoms with van der Waals surface area (Å²) in [5.41, 5.74) is 1.75. The Labute approximate surface area is 111 Å². The van der Waals surface area contributed by atoms with E-state index in [-0.39, 0.29) is 0 Å². The van der Waals surface area contributed by atoms with E-state index in [1.165, 1.54) is 5.56 Å². The highest BCUT2D eigenvalue weighted by atomic mass is 16.5. The maximum absolute atomic E-state index is 5.43. The molecular formula is C16H25NO. The first-order chi connectivity index (χ1) is 8.57. The van der Waals surface area contributed by atoms with Crippen LogP contribution < -0.4 is 0 Å². The fourth-order valence-electron chi connectivity index (χ4n) is 2.61. The van der Waals surface area contributed by atoms with Crippen molar-refractivity contribution in [3.8, 4) is 0 Å². The van der Waals surface area contributed by atoms with Crippen LogP contribution in [-0.4, -0.2) is 37.7 Å². The first-order valence-corrected chi connectivity index (χ1v) is 6.92. The van der Waals surface area contributed by atoms with Gasteiger partial charge in [-0.25, -0.2) is 0 Å². The van der Waals surface area contributed by atoms with Crippen LogP contribution in [0.1, 0.15) is 32.3 Å². The van der Waals surface area contributed by atoms with Gasteiger partial charge in [0, 0.05) is 25.6 Å². The molecule has 1 aliphatic rings. The topological polar surface area (TPSA) is 12.5 Å². The number of hydrogen-bond acceptors (Lipinski definition) is 2. The molecule has 1 saturated heterocycles. The van der Waals surface area contributed by atoms with Crippen molar-refractivity contribution in [2.45, 2.75) is 26.7 Å². The first kappa shape index (κ1) is 13.6. The number of nitrogens with zero attached hydrogens (tertiary/aromatic N) is 1. The maximum atomic E-state index is 5.43. The summed E-state index contributed by atoms with van der Waals surface area (Å²) in [6, 6.07) is 10.9. The van der Waals surface area contributed by atoms with Crippen LogP contribution in [0.5, 0.6) is 0 Å². The van der Waals surface area contributed by atoms with E-state index in [2.05, 4.69) is 56.0 Å². The highest BCUT2D eigenvalue weighted by molar-refractivity contribution is 5.22. The fourth-order valence-corrected chi connectivity index (χ4v) is 2.61. The molecule has 2 rings (SSSR count). The molecule has 2 nitrogen and oxygen atoms in total. The van der Waals surface area contributed by atoms with Crippen molar-refractivity contribution in [1.29, 1.82) is 0 Å². The van der Waals surface area contributed by atoms with Gasteiger partial charge in [-0.1, -0.05) is 51.1 Å². The summed E-state index contributed by atoms with van der Waals surface area (Å²) in [6.45, 7) is 12.0. The molecule has 1 atom stereocenters. The summed E-state index contributed by atoms with van der Waals surface area (Å²) in [4.78, 5) is 2.53. The molecule has 0 aliphatic carbocycles. The molecule has 18 heavy (non-hydrogen) atoms. The lowest BCUT2D eigenvalue weighted by atomic mass is 9.76. The van der Waals surface area contributed by atoms with Crippen LogP contribution in [0, 0.1) is 5.41 Å². The molecule has 1 aromatic rings. The molecule has 100 valence electrons. The van der Waals surface area contributed by atoms with E-state index in [4.69, 9.17) is 4.74 Å². The predicted molar refractivity (Wildman–Crippen MR) is 75.9 cm³/mol. The SMILES string of the molecule is CC(C)(C)C(CN1CCOCC1)c1ccccc1. The van der Waals surface area contributed by atoms with Gasteiger partial charge >= 0.3 is 0 Å². The van der Waals surface area contributed by atoms with Gasteiger partial charge in [-0.2, -0.15) is 0 Å². The Kier molecular flexibility index (Phi) is 4.41. The van der Waals surface area contributed by atoms with Gasteiger partial charge in [0.15, 0.2) is 0 Å². The Morgan fingerprint density at radius 2 is 1.72 bits per heavy atom. The van der Waals surface area contributed by atoms with Gasteiger partial charge in [-0.15, -0.1) is 0 Å². The molecule has 1 aliphatic heterocycles. The third kappa shape index (κ3) is 3.56. The molecular weight excluding hydrogens is 222 g/mol. The van der Waals surface area contributed by atoms with Crippen LogP contribution >= 0.6 is 0 Å². The van der Waals surface area contributed by atoms with Crippen molar-refractivity contribution in [2.75, 3.05) is 32.8 Å². The largest absolute Gasteiger partial charge is 0.379 e. The molecule has 1 fully saturated rings. The maximum Gasteiger partial charge on any atom is 0.0594 e. The van der Waals surface area contributed by atoms with E-state index in [0.717, 1.165) is 32.8 Å². The third-order valence-electron chi connectivity index (χ3n) is 3.79. The summed E-state index contributed by atoms with van der Waals surface area (Å²) in [5.74, 6) is 0.580. The Bertz CT molecular complexity index is 349. The number of hydrogen-bond donors (Lipinski definition) is 0. The van der Waals surface area contributed by atoms with Gasteiger partial charge in [0.25, 0.3) is 0 Å². The van der Waals surface area contributed by atoms with Crippen molar-refractivity contribution in [1.82, 2.24) is 4.90 Å². The predicted octanol–water partition coefficient (Wildman–Crippen LogP) is 3.15. The smallest absolute Gasteiger partial charge is 0.0594 e. The normalized spacial score (nSPS) is 19.7. The van der Waals surface area contributed by atoms with E-state index in [1.807, 2.05) is 0 Å². The highest BCUT2D eigenvalue weighted by Crippen LogP contribution is 2.35. The molecule has 0 N–H and O–H groups in total. The standard InChI is InChI=1S/C16H25NO/c1-16(2,3)15(14-7-5-4-6-8-14)13-17-9-11-18-12-10-17/h4-8,15H,9-13H2,1-3H3. The minimum Gasteiger partial charge on any atom is -0.379 e. The molecule has 0 aromatic heterocycles. The second kappa shape index (κ2) is 5.85. The lowest BCUT2D eigenvalue weighted by Gasteiger charge is -2.37. The molecule has 1 unspecified atom stereocenters. The van der Waals surface area contributed by atoms with Crippen molar-refractivity contribution in [3.63, 3.8) is 0 Å². The van der Waals surface area contributed by atoms with E-state index >= 15 is 0 Å². The van der Waals surface area contributed by atoms with Crippen molar-refractivity contribution < 1.29 is 4.74 Å². The second-order valence-corrected chi connectivity index (χ2v) is 6.24. The highest BCUT2D eigenvalue weighted by Gasteiger charge is 2.28. The van der Waals surface area contributed by atoms with Gasteiger partial charge in [-0.05, 0) is 11.0 Å². The van der Waals surface area contributed by atoms with Gasteiger partial charge in [-0.3, -0.25) is 4.90 Å². The summed E-state index contributed by atoms with van der Waals surface area (Å²) >= 11 is 0. The minimum atomic E-state index is 0.291. The fraction of sp³-hybridized carbons (Fsp3) is 0.625.